The van der Waals surface area contributed by atoms with Crippen LogP contribution in [-0.2, 0) is 0 Å². The van der Waals surface area contributed by atoms with Crippen molar-refractivity contribution < 1.29 is 9.53 Å². The van der Waals surface area contributed by atoms with E-state index in [-0.39, 0.29) is 5.91 Å². The number of pyridine rings is 2. The van der Waals surface area contributed by atoms with Gasteiger partial charge < -0.3 is 14.5 Å². The summed E-state index contributed by atoms with van der Waals surface area (Å²) in [6.07, 6.45) is 5.92. The zero-order valence-electron chi connectivity index (χ0n) is 14.2. The smallest absolute Gasteiger partial charge is 0.254 e. The molecule has 0 bridgehead atoms. The van der Waals surface area contributed by atoms with E-state index in [1.807, 2.05) is 23.1 Å². The standard InChI is InChI=1S/C19H22N4O2/c24-19(16-6-8-21-18(13-16)25-14-15-4-5-15)23-11-9-22(10-12-23)17-3-1-2-7-20-17/h1-3,6-8,13,15H,4-5,9-12,14H2. The molecule has 1 saturated carbocycles. The van der Waals surface area contributed by atoms with Crippen molar-refractivity contribution in [1.29, 1.82) is 0 Å². The molecule has 1 amide bonds. The first-order valence-electron chi connectivity index (χ1n) is 8.84. The van der Waals surface area contributed by atoms with E-state index in [1.165, 1.54) is 12.8 Å². The summed E-state index contributed by atoms with van der Waals surface area (Å²) in [4.78, 5) is 25.4. The predicted molar refractivity (Wildman–Crippen MR) is 94.8 cm³/mol. The molecule has 4 rings (SSSR count). The molecule has 1 saturated heterocycles. The van der Waals surface area contributed by atoms with E-state index in [9.17, 15) is 4.79 Å². The Balaban J connectivity index is 1.36. The number of rotatable bonds is 5. The van der Waals surface area contributed by atoms with E-state index < -0.39 is 0 Å². The van der Waals surface area contributed by atoms with Crippen molar-refractivity contribution in [1.82, 2.24) is 14.9 Å². The minimum Gasteiger partial charge on any atom is -0.477 e. The Hall–Kier alpha value is -2.63. The Bertz CT molecular complexity index is 725. The fourth-order valence-electron chi connectivity index (χ4n) is 2.97. The summed E-state index contributed by atoms with van der Waals surface area (Å²) in [5, 5.41) is 0. The van der Waals surface area contributed by atoms with Crippen LogP contribution in [0.5, 0.6) is 5.88 Å². The summed E-state index contributed by atoms with van der Waals surface area (Å²) in [7, 11) is 0. The van der Waals surface area contributed by atoms with Gasteiger partial charge in [0.1, 0.15) is 5.82 Å². The molecular formula is C19H22N4O2. The van der Waals surface area contributed by atoms with Crippen molar-refractivity contribution in [2.75, 3.05) is 37.7 Å². The molecule has 2 aliphatic rings. The number of ether oxygens (including phenoxy) is 1. The lowest BCUT2D eigenvalue weighted by molar-refractivity contribution is 0.0746. The molecule has 6 nitrogen and oxygen atoms in total. The molecule has 0 radical (unpaired) electrons. The molecule has 2 fully saturated rings. The van der Waals surface area contributed by atoms with E-state index in [2.05, 4.69) is 14.9 Å². The number of carbonyl (C=O) groups excluding carboxylic acids is 1. The van der Waals surface area contributed by atoms with Crippen molar-refractivity contribution in [3.8, 4) is 5.88 Å². The second kappa shape index (κ2) is 7.09. The van der Waals surface area contributed by atoms with Crippen molar-refractivity contribution in [2.24, 2.45) is 5.92 Å². The molecule has 0 spiro atoms. The summed E-state index contributed by atoms with van der Waals surface area (Å²) in [5.74, 6) is 2.22. The third-order valence-corrected chi connectivity index (χ3v) is 4.69. The van der Waals surface area contributed by atoms with Gasteiger partial charge in [0.25, 0.3) is 5.91 Å². The van der Waals surface area contributed by atoms with Crippen LogP contribution in [-0.4, -0.2) is 53.6 Å². The molecule has 130 valence electrons. The summed E-state index contributed by atoms with van der Waals surface area (Å²) in [5.41, 5.74) is 0.645. The molecule has 1 aliphatic carbocycles. The van der Waals surface area contributed by atoms with Crippen molar-refractivity contribution >= 4 is 11.7 Å². The lowest BCUT2D eigenvalue weighted by Gasteiger charge is -2.35. The first-order chi connectivity index (χ1) is 12.3. The summed E-state index contributed by atoms with van der Waals surface area (Å²) >= 11 is 0. The van der Waals surface area contributed by atoms with Gasteiger partial charge in [-0.1, -0.05) is 6.07 Å². The minimum absolute atomic E-state index is 0.0411. The number of hydrogen-bond donors (Lipinski definition) is 0. The van der Waals surface area contributed by atoms with Gasteiger partial charge in [0, 0.05) is 50.2 Å². The van der Waals surface area contributed by atoms with Crippen molar-refractivity contribution in [3.05, 3.63) is 48.3 Å². The quantitative estimate of drug-likeness (QED) is 0.837. The maximum Gasteiger partial charge on any atom is 0.254 e. The van der Waals surface area contributed by atoms with Gasteiger partial charge >= 0.3 is 0 Å². The van der Waals surface area contributed by atoms with Crippen LogP contribution < -0.4 is 9.64 Å². The number of nitrogens with zero attached hydrogens (tertiary/aromatic N) is 4. The van der Waals surface area contributed by atoms with Gasteiger partial charge in [-0.25, -0.2) is 9.97 Å². The van der Waals surface area contributed by atoms with E-state index >= 15 is 0 Å². The zero-order chi connectivity index (χ0) is 17.1. The van der Waals surface area contributed by atoms with Crippen LogP contribution in [0.3, 0.4) is 0 Å². The summed E-state index contributed by atoms with van der Waals surface area (Å²) < 4.78 is 5.68. The highest BCUT2D eigenvalue weighted by Crippen LogP contribution is 2.29. The van der Waals surface area contributed by atoms with Gasteiger partial charge in [0.05, 0.1) is 6.61 Å². The van der Waals surface area contributed by atoms with Gasteiger partial charge in [0.15, 0.2) is 0 Å². The van der Waals surface area contributed by atoms with Gasteiger partial charge in [-0.05, 0) is 37.0 Å². The Morgan fingerprint density at radius 2 is 1.92 bits per heavy atom. The van der Waals surface area contributed by atoms with E-state index in [1.54, 1.807) is 24.5 Å². The molecule has 3 heterocycles. The summed E-state index contributed by atoms with van der Waals surface area (Å²) in [6.45, 7) is 3.66. The minimum atomic E-state index is 0.0411. The first kappa shape index (κ1) is 15.9. The number of amides is 1. The Morgan fingerprint density at radius 1 is 1.08 bits per heavy atom. The summed E-state index contributed by atoms with van der Waals surface area (Å²) in [6, 6.07) is 9.42. The number of carbonyl (C=O) groups is 1. The van der Waals surface area contributed by atoms with Gasteiger partial charge in [-0.15, -0.1) is 0 Å². The largest absolute Gasteiger partial charge is 0.477 e. The average Bonchev–Trinajstić information content (AvgIpc) is 3.51. The zero-order valence-corrected chi connectivity index (χ0v) is 14.2. The predicted octanol–water partition coefficient (Wildman–Crippen LogP) is 2.23. The van der Waals surface area contributed by atoms with Crippen LogP contribution in [0.25, 0.3) is 0 Å². The molecule has 2 aromatic rings. The SMILES string of the molecule is O=C(c1ccnc(OCC2CC2)c1)N1CCN(c2ccccn2)CC1. The monoisotopic (exact) mass is 338 g/mol. The third kappa shape index (κ3) is 3.90. The molecular weight excluding hydrogens is 316 g/mol. The molecule has 6 heteroatoms. The highest BCUT2D eigenvalue weighted by Gasteiger charge is 2.24. The number of anilines is 1. The molecule has 0 aromatic carbocycles. The molecule has 25 heavy (non-hydrogen) atoms. The Labute approximate surface area is 147 Å². The van der Waals surface area contributed by atoms with Gasteiger partial charge in [0.2, 0.25) is 5.88 Å². The number of aromatic nitrogens is 2. The lowest BCUT2D eigenvalue weighted by atomic mass is 10.2. The van der Waals surface area contributed by atoms with Gasteiger partial charge in [-0.3, -0.25) is 4.79 Å². The van der Waals surface area contributed by atoms with Crippen LogP contribution in [0.4, 0.5) is 5.82 Å². The van der Waals surface area contributed by atoms with Crippen molar-refractivity contribution in [3.63, 3.8) is 0 Å². The third-order valence-electron chi connectivity index (χ3n) is 4.69. The van der Waals surface area contributed by atoms with E-state index in [4.69, 9.17) is 4.74 Å². The highest BCUT2D eigenvalue weighted by atomic mass is 16.5. The molecule has 0 atom stereocenters. The van der Waals surface area contributed by atoms with Crippen LogP contribution in [0.1, 0.15) is 23.2 Å². The molecule has 1 aliphatic heterocycles. The highest BCUT2D eigenvalue weighted by molar-refractivity contribution is 5.94. The Kier molecular flexibility index (Phi) is 4.50. The fourth-order valence-corrected chi connectivity index (χ4v) is 2.97. The van der Waals surface area contributed by atoms with E-state index in [0.717, 1.165) is 18.9 Å². The maximum absolute atomic E-state index is 12.8. The maximum atomic E-state index is 12.8. The number of hydrogen-bond acceptors (Lipinski definition) is 5. The fraction of sp³-hybridized carbons (Fsp3) is 0.421. The van der Waals surface area contributed by atoms with Crippen LogP contribution >= 0.6 is 0 Å². The normalized spacial score (nSPS) is 17.4. The second-order valence-corrected chi connectivity index (χ2v) is 6.60. The molecule has 2 aromatic heterocycles. The van der Waals surface area contributed by atoms with Crippen LogP contribution in [0.2, 0.25) is 0 Å². The van der Waals surface area contributed by atoms with E-state index in [0.29, 0.717) is 37.1 Å². The molecule has 0 N–H and O–H groups in total. The first-order valence-corrected chi connectivity index (χ1v) is 8.84. The Morgan fingerprint density at radius 3 is 2.64 bits per heavy atom. The number of piperazine rings is 1. The molecule has 0 unspecified atom stereocenters. The van der Waals surface area contributed by atoms with Crippen LogP contribution in [0.15, 0.2) is 42.7 Å². The lowest BCUT2D eigenvalue weighted by Crippen LogP contribution is -2.49. The second-order valence-electron chi connectivity index (χ2n) is 6.60. The van der Waals surface area contributed by atoms with Gasteiger partial charge in [-0.2, -0.15) is 0 Å². The van der Waals surface area contributed by atoms with Crippen LogP contribution in [0, 0.1) is 5.92 Å². The average molecular weight is 338 g/mol. The topological polar surface area (TPSA) is 58.6 Å². The van der Waals surface area contributed by atoms with Crippen molar-refractivity contribution in [2.45, 2.75) is 12.8 Å².